The summed E-state index contributed by atoms with van der Waals surface area (Å²) in [6, 6.07) is 4.01. The highest BCUT2D eigenvalue weighted by molar-refractivity contribution is 5.67. The fraction of sp³-hybridized carbons (Fsp3) is 0.444. The summed E-state index contributed by atoms with van der Waals surface area (Å²) < 4.78 is 4.75. The molecule has 2 N–H and O–H groups in total. The fourth-order valence-corrected chi connectivity index (χ4v) is 2.95. The molecule has 0 radical (unpaired) electrons. The quantitative estimate of drug-likeness (QED) is 0.872. The average molecular weight is 357 g/mol. The number of rotatable bonds is 3. The molecule has 1 fully saturated rings. The largest absolute Gasteiger partial charge is 0.453 e. The number of nitrogens with zero attached hydrogens (tertiary/aromatic N) is 3. The van der Waals surface area contributed by atoms with Crippen LogP contribution in [0.5, 0.6) is 0 Å². The lowest BCUT2D eigenvalue weighted by molar-refractivity contribution is 0.113. The second-order valence-electron chi connectivity index (χ2n) is 6.43. The van der Waals surface area contributed by atoms with E-state index in [1.54, 1.807) is 18.0 Å². The normalized spacial score (nSPS) is 15.0. The molecule has 1 aliphatic heterocycles. The molecule has 1 amide bonds. The third kappa shape index (κ3) is 3.84. The van der Waals surface area contributed by atoms with Gasteiger partial charge in [0.05, 0.1) is 7.11 Å². The Kier molecular flexibility index (Phi) is 5.20. The van der Waals surface area contributed by atoms with E-state index >= 15 is 0 Å². The zero-order valence-electron chi connectivity index (χ0n) is 15.2. The van der Waals surface area contributed by atoms with Gasteiger partial charge in [0.2, 0.25) is 0 Å². The minimum atomic E-state index is -0.277. The van der Waals surface area contributed by atoms with E-state index < -0.39 is 0 Å². The molecule has 0 aromatic carbocycles. The van der Waals surface area contributed by atoms with Gasteiger partial charge in [-0.3, -0.25) is 4.79 Å². The van der Waals surface area contributed by atoms with Crippen LogP contribution in [-0.4, -0.2) is 52.2 Å². The lowest BCUT2D eigenvalue weighted by Gasteiger charge is -2.31. The number of pyridine rings is 1. The molecule has 2 aromatic heterocycles. The first-order valence-electron chi connectivity index (χ1n) is 8.61. The van der Waals surface area contributed by atoms with Crippen LogP contribution >= 0.6 is 0 Å². The van der Waals surface area contributed by atoms with Crippen LogP contribution in [0.1, 0.15) is 24.1 Å². The summed E-state index contributed by atoms with van der Waals surface area (Å²) in [4.78, 5) is 36.7. The molecule has 0 saturated carbocycles. The van der Waals surface area contributed by atoms with Crippen LogP contribution in [0.25, 0.3) is 11.4 Å². The van der Waals surface area contributed by atoms with Crippen molar-refractivity contribution in [2.24, 2.45) is 0 Å². The predicted octanol–water partition coefficient (Wildman–Crippen LogP) is 2.09. The lowest BCUT2D eigenvalue weighted by Crippen LogP contribution is -2.42. The number of carbonyl (C=O) groups excluding carboxylic acids is 1. The molecule has 0 aliphatic carbocycles. The summed E-state index contributed by atoms with van der Waals surface area (Å²) in [6.45, 7) is 4.90. The number of hydrogen-bond acceptors (Lipinski definition) is 6. The molecule has 8 heteroatoms. The van der Waals surface area contributed by atoms with Crippen molar-refractivity contribution in [3.63, 3.8) is 0 Å². The molecular formula is C18H23N5O3. The van der Waals surface area contributed by atoms with Crippen molar-refractivity contribution in [2.45, 2.75) is 32.7 Å². The second kappa shape index (κ2) is 7.55. The van der Waals surface area contributed by atoms with Crippen molar-refractivity contribution in [2.75, 3.05) is 25.5 Å². The highest BCUT2D eigenvalue weighted by Crippen LogP contribution is 2.19. The number of H-pyrrole nitrogens is 1. The molecule has 8 nitrogen and oxygen atoms in total. The van der Waals surface area contributed by atoms with E-state index in [2.05, 4.69) is 20.3 Å². The molecule has 3 heterocycles. The average Bonchev–Trinajstić information content (AvgIpc) is 2.66. The molecule has 0 atom stereocenters. The minimum Gasteiger partial charge on any atom is -0.453 e. The third-order valence-corrected chi connectivity index (χ3v) is 4.71. The minimum absolute atomic E-state index is 0.132. The molecule has 0 unspecified atom stereocenters. The van der Waals surface area contributed by atoms with E-state index in [9.17, 15) is 9.59 Å². The topological polar surface area (TPSA) is 100 Å². The molecule has 1 aliphatic rings. The summed E-state index contributed by atoms with van der Waals surface area (Å²) in [5.74, 6) is 1.28. The Balaban J connectivity index is 1.64. The van der Waals surface area contributed by atoms with Gasteiger partial charge in [-0.15, -0.1) is 0 Å². The summed E-state index contributed by atoms with van der Waals surface area (Å²) in [7, 11) is 1.40. The molecule has 3 rings (SSSR count). The molecular weight excluding hydrogens is 334 g/mol. The summed E-state index contributed by atoms with van der Waals surface area (Å²) in [5.41, 5.74) is 1.96. The van der Waals surface area contributed by atoms with Gasteiger partial charge in [0.25, 0.3) is 5.56 Å². The SMILES string of the molecule is COC(=O)N1CCC(Nc2ccc(-c3nc(C)c(C)c(=O)[nH]3)cn2)CC1. The van der Waals surface area contributed by atoms with Crippen LogP contribution < -0.4 is 10.9 Å². The molecule has 1 saturated heterocycles. The summed E-state index contributed by atoms with van der Waals surface area (Å²) in [6.07, 6.45) is 3.09. The predicted molar refractivity (Wildman–Crippen MR) is 98.2 cm³/mol. The number of carbonyl (C=O) groups is 1. The number of piperidine rings is 1. The number of ether oxygens (including phenoxy) is 1. The highest BCUT2D eigenvalue weighted by Gasteiger charge is 2.23. The van der Waals surface area contributed by atoms with E-state index in [4.69, 9.17) is 4.74 Å². The number of anilines is 1. The van der Waals surface area contributed by atoms with Gasteiger partial charge in [0, 0.05) is 42.1 Å². The number of aromatic amines is 1. The van der Waals surface area contributed by atoms with Crippen molar-refractivity contribution in [1.29, 1.82) is 0 Å². The maximum atomic E-state index is 11.9. The van der Waals surface area contributed by atoms with E-state index in [1.165, 1.54) is 7.11 Å². The number of likely N-dealkylation sites (tertiary alicyclic amines) is 1. The summed E-state index contributed by atoms with van der Waals surface area (Å²) >= 11 is 0. The standard InChI is InChI=1S/C18H23N5O3/c1-11-12(2)20-16(22-17(11)24)13-4-5-15(19-10-13)21-14-6-8-23(9-7-14)18(25)26-3/h4-5,10,14H,6-9H2,1-3H3,(H,19,21)(H,20,22,24). The highest BCUT2D eigenvalue weighted by atomic mass is 16.5. The Morgan fingerprint density at radius 3 is 2.62 bits per heavy atom. The van der Waals surface area contributed by atoms with Gasteiger partial charge in [0.15, 0.2) is 0 Å². The lowest BCUT2D eigenvalue weighted by atomic mass is 10.1. The van der Waals surface area contributed by atoms with Crippen LogP contribution in [-0.2, 0) is 4.74 Å². The molecule has 26 heavy (non-hydrogen) atoms. The number of nitrogens with one attached hydrogen (secondary N) is 2. The van der Waals surface area contributed by atoms with E-state index in [-0.39, 0.29) is 17.7 Å². The smallest absolute Gasteiger partial charge is 0.409 e. The van der Waals surface area contributed by atoms with Gasteiger partial charge in [0.1, 0.15) is 11.6 Å². The number of aromatic nitrogens is 3. The van der Waals surface area contributed by atoms with Gasteiger partial charge in [-0.25, -0.2) is 14.8 Å². The zero-order chi connectivity index (χ0) is 18.7. The van der Waals surface area contributed by atoms with Crippen LogP contribution in [0.3, 0.4) is 0 Å². The summed E-state index contributed by atoms with van der Waals surface area (Å²) in [5, 5.41) is 3.39. The van der Waals surface area contributed by atoms with Crippen molar-refractivity contribution < 1.29 is 9.53 Å². The van der Waals surface area contributed by atoms with E-state index in [0.29, 0.717) is 30.2 Å². The molecule has 0 bridgehead atoms. The maximum absolute atomic E-state index is 11.9. The Morgan fingerprint density at radius 1 is 1.31 bits per heavy atom. The monoisotopic (exact) mass is 357 g/mol. The van der Waals surface area contributed by atoms with Crippen LogP contribution in [0.4, 0.5) is 10.6 Å². The molecule has 0 spiro atoms. The van der Waals surface area contributed by atoms with Gasteiger partial charge in [-0.2, -0.15) is 0 Å². The van der Waals surface area contributed by atoms with Crippen molar-refractivity contribution in [3.05, 3.63) is 39.9 Å². The number of hydrogen-bond donors (Lipinski definition) is 2. The number of amides is 1. The van der Waals surface area contributed by atoms with Gasteiger partial charge in [-0.1, -0.05) is 0 Å². The van der Waals surface area contributed by atoms with E-state index in [0.717, 1.165) is 24.2 Å². The molecule has 2 aromatic rings. The number of aryl methyl sites for hydroxylation is 1. The van der Waals surface area contributed by atoms with Gasteiger partial charge < -0.3 is 19.9 Å². The van der Waals surface area contributed by atoms with Gasteiger partial charge >= 0.3 is 6.09 Å². The van der Waals surface area contributed by atoms with Crippen LogP contribution in [0.2, 0.25) is 0 Å². The van der Waals surface area contributed by atoms with Crippen molar-refractivity contribution >= 4 is 11.9 Å². The second-order valence-corrected chi connectivity index (χ2v) is 6.43. The first-order chi connectivity index (χ1) is 12.5. The zero-order valence-corrected chi connectivity index (χ0v) is 15.2. The van der Waals surface area contributed by atoms with Crippen molar-refractivity contribution in [1.82, 2.24) is 19.9 Å². The van der Waals surface area contributed by atoms with Gasteiger partial charge in [-0.05, 0) is 38.8 Å². The van der Waals surface area contributed by atoms with Crippen LogP contribution in [0.15, 0.2) is 23.1 Å². The first-order valence-corrected chi connectivity index (χ1v) is 8.61. The maximum Gasteiger partial charge on any atom is 0.409 e. The Labute approximate surface area is 151 Å². The Bertz CT molecular complexity index is 839. The van der Waals surface area contributed by atoms with Crippen molar-refractivity contribution in [3.8, 4) is 11.4 Å². The Morgan fingerprint density at radius 2 is 2.04 bits per heavy atom. The van der Waals surface area contributed by atoms with E-state index in [1.807, 2.05) is 19.1 Å². The first kappa shape index (κ1) is 17.9. The van der Waals surface area contributed by atoms with Crippen LogP contribution in [0, 0.1) is 13.8 Å². The molecule has 138 valence electrons. The Hall–Kier alpha value is -2.90. The fourth-order valence-electron chi connectivity index (χ4n) is 2.95. The number of methoxy groups -OCH3 is 1. The third-order valence-electron chi connectivity index (χ3n) is 4.71.